The van der Waals surface area contributed by atoms with Gasteiger partial charge >= 0.3 is 0 Å². The lowest BCUT2D eigenvalue weighted by Crippen LogP contribution is -2.36. The summed E-state index contributed by atoms with van der Waals surface area (Å²) >= 11 is 0. The fourth-order valence-corrected chi connectivity index (χ4v) is 5.18. The minimum absolute atomic E-state index is 0.141. The van der Waals surface area contributed by atoms with Gasteiger partial charge in [0.2, 0.25) is 0 Å². The van der Waals surface area contributed by atoms with Crippen LogP contribution in [0.1, 0.15) is 5.56 Å². The molecule has 0 spiro atoms. The van der Waals surface area contributed by atoms with Gasteiger partial charge in [-0.2, -0.15) is 0 Å². The van der Waals surface area contributed by atoms with Crippen molar-refractivity contribution in [1.82, 2.24) is 9.97 Å². The van der Waals surface area contributed by atoms with Gasteiger partial charge in [-0.05, 0) is 24.3 Å². The molecular formula is C25H27F2N3O6. The summed E-state index contributed by atoms with van der Waals surface area (Å²) in [7, 11) is 0. The van der Waals surface area contributed by atoms with E-state index in [9.17, 15) is 10.2 Å². The Bertz CT molecular complexity index is 1240. The van der Waals surface area contributed by atoms with E-state index in [0.29, 0.717) is 54.5 Å². The number of halogens is 2. The standard InChI is InChI=1S/C25H27F2N3O6/c26-15-9-13(30-4-7-33-8-5-30)10-16(27)21(15)17-1-2-18-22(28-17)14(3-6-31)25(29-18)36-20-12-35-23-19(32)11-34-24(20)23/h1-2,9-10,19-20,23-24,29,31-32H,3-8,11-12H2/t19-,20-,23?,24-/m1/s1. The van der Waals surface area contributed by atoms with Crippen LogP contribution in [0.3, 0.4) is 0 Å². The average Bonchev–Trinajstić information content (AvgIpc) is 3.55. The summed E-state index contributed by atoms with van der Waals surface area (Å²) in [6, 6.07) is 5.88. The Hall–Kier alpha value is -2.83. The molecule has 36 heavy (non-hydrogen) atoms. The van der Waals surface area contributed by atoms with Crippen molar-refractivity contribution in [3.8, 4) is 17.1 Å². The van der Waals surface area contributed by atoms with Crippen molar-refractivity contribution in [3.05, 3.63) is 41.5 Å². The summed E-state index contributed by atoms with van der Waals surface area (Å²) in [6.45, 7) is 2.40. The van der Waals surface area contributed by atoms with E-state index in [2.05, 4.69) is 9.97 Å². The third-order valence-corrected chi connectivity index (χ3v) is 6.98. The van der Waals surface area contributed by atoms with Crippen LogP contribution in [0, 0.1) is 11.6 Å². The summed E-state index contributed by atoms with van der Waals surface area (Å²) < 4.78 is 53.1. The summed E-state index contributed by atoms with van der Waals surface area (Å²) in [6.07, 6.45) is -1.80. The zero-order valence-corrected chi connectivity index (χ0v) is 19.5. The maximum absolute atomic E-state index is 15.2. The highest BCUT2D eigenvalue weighted by Crippen LogP contribution is 2.36. The Kier molecular flexibility index (Phi) is 6.26. The minimum Gasteiger partial charge on any atom is -0.470 e. The van der Waals surface area contributed by atoms with Crippen molar-refractivity contribution in [1.29, 1.82) is 0 Å². The summed E-state index contributed by atoms with van der Waals surface area (Å²) in [5.74, 6) is -1.03. The van der Waals surface area contributed by atoms with E-state index in [4.69, 9.17) is 18.9 Å². The molecule has 2 aromatic heterocycles. The van der Waals surface area contributed by atoms with E-state index in [-0.39, 0.29) is 37.5 Å². The Morgan fingerprint density at radius 3 is 2.58 bits per heavy atom. The highest BCUT2D eigenvalue weighted by atomic mass is 19.1. The van der Waals surface area contributed by atoms with E-state index in [1.54, 1.807) is 12.1 Å². The largest absolute Gasteiger partial charge is 0.470 e. The van der Waals surface area contributed by atoms with Crippen molar-refractivity contribution in [2.75, 3.05) is 51.0 Å². The number of aliphatic hydroxyl groups excluding tert-OH is 2. The van der Waals surface area contributed by atoms with Gasteiger partial charge in [0.15, 0.2) is 12.0 Å². The molecule has 3 aliphatic heterocycles. The number of fused-ring (bicyclic) bond motifs is 2. The van der Waals surface area contributed by atoms with E-state index < -0.39 is 36.1 Å². The van der Waals surface area contributed by atoms with Gasteiger partial charge in [-0.3, -0.25) is 0 Å². The number of anilines is 1. The van der Waals surface area contributed by atoms with Crippen LogP contribution in [0.25, 0.3) is 22.3 Å². The maximum atomic E-state index is 15.2. The molecular weight excluding hydrogens is 476 g/mol. The van der Waals surface area contributed by atoms with E-state index >= 15 is 8.78 Å². The topological polar surface area (TPSA) is 109 Å². The lowest BCUT2D eigenvalue weighted by atomic mass is 10.1. The normalized spacial score (nSPS) is 26.1. The molecule has 3 aliphatic rings. The second-order valence-electron chi connectivity index (χ2n) is 9.20. The van der Waals surface area contributed by atoms with Gasteiger partial charge in [-0.25, -0.2) is 13.8 Å². The number of rotatable bonds is 6. The average molecular weight is 504 g/mol. The summed E-state index contributed by atoms with van der Waals surface area (Å²) in [4.78, 5) is 9.60. The van der Waals surface area contributed by atoms with Crippen LogP contribution in [-0.4, -0.2) is 90.7 Å². The van der Waals surface area contributed by atoms with Crippen LogP contribution in [0.2, 0.25) is 0 Å². The van der Waals surface area contributed by atoms with Gasteiger partial charge < -0.3 is 39.0 Å². The van der Waals surface area contributed by atoms with Crippen LogP contribution < -0.4 is 9.64 Å². The Balaban J connectivity index is 1.33. The number of H-pyrrole nitrogens is 1. The Morgan fingerprint density at radius 2 is 1.83 bits per heavy atom. The third kappa shape index (κ3) is 4.10. The second kappa shape index (κ2) is 9.56. The van der Waals surface area contributed by atoms with Crippen LogP contribution in [0.5, 0.6) is 5.88 Å². The number of ether oxygens (including phenoxy) is 4. The monoisotopic (exact) mass is 503 g/mol. The first kappa shape index (κ1) is 23.6. The number of benzene rings is 1. The maximum Gasteiger partial charge on any atom is 0.197 e. The lowest BCUT2D eigenvalue weighted by molar-refractivity contribution is 0.00773. The quantitative estimate of drug-likeness (QED) is 0.467. The molecule has 5 heterocycles. The molecule has 1 aromatic carbocycles. The van der Waals surface area contributed by atoms with Crippen LogP contribution in [-0.2, 0) is 20.6 Å². The highest BCUT2D eigenvalue weighted by molar-refractivity contribution is 5.85. The van der Waals surface area contributed by atoms with Crippen molar-refractivity contribution in [3.63, 3.8) is 0 Å². The molecule has 1 unspecified atom stereocenters. The first-order valence-corrected chi connectivity index (χ1v) is 12.1. The molecule has 0 radical (unpaired) electrons. The molecule has 3 aromatic rings. The van der Waals surface area contributed by atoms with Crippen molar-refractivity contribution >= 4 is 16.7 Å². The number of aromatic nitrogens is 2. The Labute approximate surface area is 205 Å². The number of hydrogen-bond donors (Lipinski definition) is 3. The van der Waals surface area contributed by atoms with Crippen LogP contribution >= 0.6 is 0 Å². The zero-order valence-electron chi connectivity index (χ0n) is 19.5. The Morgan fingerprint density at radius 1 is 1.08 bits per heavy atom. The number of nitrogens with one attached hydrogen (secondary N) is 1. The molecule has 3 fully saturated rings. The number of hydrogen-bond acceptors (Lipinski definition) is 8. The first-order valence-electron chi connectivity index (χ1n) is 12.1. The van der Waals surface area contributed by atoms with Crippen molar-refractivity contribution in [2.24, 2.45) is 0 Å². The molecule has 11 heteroatoms. The molecule has 0 aliphatic carbocycles. The van der Waals surface area contributed by atoms with Crippen molar-refractivity contribution < 1.29 is 37.9 Å². The van der Waals surface area contributed by atoms with Gasteiger partial charge in [0, 0.05) is 37.4 Å². The van der Waals surface area contributed by atoms with Gasteiger partial charge in [0.25, 0.3) is 0 Å². The van der Waals surface area contributed by atoms with E-state index in [1.165, 1.54) is 12.1 Å². The zero-order chi connectivity index (χ0) is 24.8. The van der Waals surface area contributed by atoms with Gasteiger partial charge in [0.05, 0.1) is 48.7 Å². The van der Waals surface area contributed by atoms with Gasteiger partial charge in [-0.15, -0.1) is 0 Å². The summed E-state index contributed by atoms with van der Waals surface area (Å²) in [5, 5.41) is 19.7. The molecule has 3 saturated heterocycles. The molecule has 0 amide bonds. The predicted molar refractivity (Wildman–Crippen MR) is 125 cm³/mol. The molecule has 4 atom stereocenters. The number of morpholine rings is 1. The number of aromatic amines is 1. The molecule has 192 valence electrons. The van der Waals surface area contributed by atoms with Crippen LogP contribution in [0.4, 0.5) is 14.5 Å². The summed E-state index contributed by atoms with van der Waals surface area (Å²) in [5.41, 5.74) is 2.03. The van der Waals surface area contributed by atoms with Crippen molar-refractivity contribution in [2.45, 2.75) is 30.8 Å². The number of pyridine rings is 1. The molecule has 3 N–H and O–H groups in total. The molecule has 0 saturated carbocycles. The minimum atomic E-state index is -0.704. The second-order valence-corrected chi connectivity index (χ2v) is 9.20. The van der Waals surface area contributed by atoms with E-state index in [1.807, 2.05) is 4.90 Å². The fraction of sp³-hybridized carbons (Fsp3) is 0.480. The van der Waals surface area contributed by atoms with Crippen LogP contribution in [0.15, 0.2) is 24.3 Å². The fourth-order valence-electron chi connectivity index (χ4n) is 5.18. The van der Waals surface area contributed by atoms with Gasteiger partial charge in [-0.1, -0.05) is 0 Å². The van der Waals surface area contributed by atoms with E-state index in [0.717, 1.165) is 0 Å². The molecule has 0 bridgehead atoms. The molecule has 9 nitrogen and oxygen atoms in total. The van der Waals surface area contributed by atoms with Gasteiger partial charge in [0.1, 0.15) is 29.9 Å². The number of aliphatic hydroxyl groups is 2. The smallest absolute Gasteiger partial charge is 0.197 e. The number of nitrogens with zero attached hydrogens (tertiary/aromatic N) is 2. The first-order chi connectivity index (χ1) is 17.5. The predicted octanol–water partition coefficient (Wildman–Crippen LogP) is 1.79. The SMILES string of the molecule is OCCc1c(O[C@@H]2COC3[C@H](O)CO[C@@H]32)[nH]c2ccc(-c3c(F)cc(N4CCOCC4)cc3F)nc12. The highest BCUT2D eigenvalue weighted by Gasteiger charge is 2.48. The molecule has 6 rings (SSSR count). The lowest BCUT2D eigenvalue weighted by Gasteiger charge is -2.29. The third-order valence-electron chi connectivity index (χ3n) is 6.98.